The number of nitrogens with one attached hydrogen (secondary N) is 1. The standard InChI is InChI=1S/C13H10N2O2S2/c1-8-14-11(10-5-3-7-18-10)13(19-8)15-12(16)9-4-2-6-17-9/h2-7H,1H3,(H,15,16). The molecule has 6 heteroatoms. The fourth-order valence-corrected chi connectivity index (χ4v) is 3.28. The van der Waals surface area contributed by atoms with Crippen LogP contribution < -0.4 is 5.32 Å². The van der Waals surface area contributed by atoms with Crippen LogP contribution in [0.2, 0.25) is 0 Å². The lowest BCUT2D eigenvalue weighted by Gasteiger charge is -2.01. The summed E-state index contributed by atoms with van der Waals surface area (Å²) in [5.41, 5.74) is 0.817. The maximum Gasteiger partial charge on any atom is 0.292 e. The first-order valence-electron chi connectivity index (χ1n) is 5.60. The van der Waals surface area contributed by atoms with Crippen molar-refractivity contribution in [1.82, 2.24) is 4.98 Å². The Hall–Kier alpha value is -1.92. The van der Waals surface area contributed by atoms with Crippen LogP contribution in [0.3, 0.4) is 0 Å². The molecular weight excluding hydrogens is 280 g/mol. The van der Waals surface area contributed by atoms with Crippen LogP contribution in [-0.2, 0) is 0 Å². The highest BCUT2D eigenvalue weighted by Crippen LogP contribution is 2.35. The molecule has 0 unspecified atom stereocenters. The molecule has 0 aliphatic heterocycles. The first-order valence-corrected chi connectivity index (χ1v) is 7.30. The molecule has 96 valence electrons. The molecule has 0 aromatic carbocycles. The van der Waals surface area contributed by atoms with E-state index in [1.54, 1.807) is 23.5 Å². The molecule has 3 rings (SSSR count). The summed E-state index contributed by atoms with van der Waals surface area (Å²) in [6.07, 6.45) is 1.48. The zero-order valence-electron chi connectivity index (χ0n) is 10.0. The van der Waals surface area contributed by atoms with Crippen molar-refractivity contribution >= 4 is 33.6 Å². The number of amides is 1. The Morgan fingerprint density at radius 3 is 2.95 bits per heavy atom. The normalized spacial score (nSPS) is 10.6. The lowest BCUT2D eigenvalue weighted by molar-refractivity contribution is 0.0997. The van der Waals surface area contributed by atoms with Gasteiger partial charge >= 0.3 is 0 Å². The molecule has 0 atom stereocenters. The topological polar surface area (TPSA) is 55.1 Å². The van der Waals surface area contributed by atoms with Gasteiger partial charge in [-0.3, -0.25) is 4.79 Å². The van der Waals surface area contributed by atoms with Gasteiger partial charge in [0.15, 0.2) is 5.76 Å². The smallest absolute Gasteiger partial charge is 0.292 e. The first-order chi connectivity index (χ1) is 9.24. The van der Waals surface area contributed by atoms with E-state index in [2.05, 4.69) is 10.3 Å². The zero-order valence-corrected chi connectivity index (χ0v) is 11.7. The van der Waals surface area contributed by atoms with E-state index in [1.807, 2.05) is 24.4 Å². The highest BCUT2D eigenvalue weighted by Gasteiger charge is 2.16. The Bertz CT molecular complexity index is 684. The van der Waals surface area contributed by atoms with Gasteiger partial charge in [-0.15, -0.1) is 22.7 Å². The SMILES string of the molecule is Cc1nc(-c2cccs2)c(NC(=O)c2ccco2)s1. The quantitative estimate of drug-likeness (QED) is 0.792. The van der Waals surface area contributed by atoms with Crippen molar-refractivity contribution in [2.24, 2.45) is 0 Å². The molecular formula is C13H10N2O2S2. The van der Waals surface area contributed by atoms with Gasteiger partial charge in [0, 0.05) is 0 Å². The van der Waals surface area contributed by atoms with Gasteiger partial charge in [-0.05, 0) is 30.5 Å². The van der Waals surface area contributed by atoms with Crippen molar-refractivity contribution < 1.29 is 9.21 Å². The number of rotatable bonds is 3. The minimum Gasteiger partial charge on any atom is -0.459 e. The van der Waals surface area contributed by atoms with Crippen LogP contribution in [0, 0.1) is 6.92 Å². The maximum atomic E-state index is 12.0. The summed E-state index contributed by atoms with van der Waals surface area (Å²) in [4.78, 5) is 17.5. The molecule has 0 saturated carbocycles. The maximum absolute atomic E-state index is 12.0. The van der Waals surface area contributed by atoms with Gasteiger partial charge in [0.1, 0.15) is 10.7 Å². The number of hydrogen-bond acceptors (Lipinski definition) is 5. The second-order valence-electron chi connectivity index (χ2n) is 3.82. The first kappa shape index (κ1) is 12.1. The monoisotopic (exact) mass is 290 g/mol. The van der Waals surface area contributed by atoms with E-state index in [0.717, 1.165) is 20.6 Å². The van der Waals surface area contributed by atoms with Gasteiger partial charge in [0.05, 0.1) is 16.1 Å². The second-order valence-corrected chi connectivity index (χ2v) is 5.97. The van der Waals surface area contributed by atoms with Crippen LogP contribution in [0.5, 0.6) is 0 Å². The van der Waals surface area contributed by atoms with Crippen molar-refractivity contribution in [3.05, 3.63) is 46.7 Å². The van der Waals surface area contributed by atoms with Crippen molar-refractivity contribution in [1.29, 1.82) is 0 Å². The second kappa shape index (κ2) is 4.99. The number of furan rings is 1. The van der Waals surface area contributed by atoms with Crippen LogP contribution in [0.1, 0.15) is 15.6 Å². The summed E-state index contributed by atoms with van der Waals surface area (Å²) in [6.45, 7) is 1.92. The molecule has 0 spiro atoms. The van der Waals surface area contributed by atoms with E-state index >= 15 is 0 Å². The third kappa shape index (κ3) is 2.45. The molecule has 0 bridgehead atoms. The fourth-order valence-electron chi connectivity index (χ4n) is 1.66. The molecule has 1 N–H and O–H groups in total. The number of carbonyl (C=O) groups excluding carboxylic acids is 1. The van der Waals surface area contributed by atoms with Crippen LogP contribution in [0.15, 0.2) is 40.3 Å². The third-order valence-electron chi connectivity index (χ3n) is 2.46. The molecule has 0 aliphatic carbocycles. The molecule has 19 heavy (non-hydrogen) atoms. The molecule has 3 heterocycles. The predicted octanol–water partition coefficient (Wildman–Crippen LogP) is 4.03. The Kier molecular flexibility index (Phi) is 3.18. The van der Waals surface area contributed by atoms with Gasteiger partial charge in [0.25, 0.3) is 5.91 Å². The Morgan fingerprint density at radius 1 is 1.37 bits per heavy atom. The van der Waals surface area contributed by atoms with Crippen molar-refractivity contribution in [2.45, 2.75) is 6.92 Å². The molecule has 0 radical (unpaired) electrons. The Labute approximate surface area is 117 Å². The molecule has 0 fully saturated rings. The van der Waals surface area contributed by atoms with E-state index in [0.29, 0.717) is 5.76 Å². The fraction of sp³-hybridized carbons (Fsp3) is 0.0769. The van der Waals surface area contributed by atoms with E-state index in [-0.39, 0.29) is 5.91 Å². The summed E-state index contributed by atoms with van der Waals surface area (Å²) in [5, 5.41) is 6.51. The lowest BCUT2D eigenvalue weighted by Crippen LogP contribution is -2.10. The Balaban J connectivity index is 1.91. The summed E-state index contributed by atoms with van der Waals surface area (Å²) >= 11 is 3.06. The summed E-state index contributed by atoms with van der Waals surface area (Å²) < 4.78 is 5.08. The molecule has 1 amide bonds. The van der Waals surface area contributed by atoms with Gasteiger partial charge in [-0.25, -0.2) is 4.98 Å². The molecule has 0 saturated heterocycles. The van der Waals surface area contributed by atoms with Gasteiger partial charge in [-0.2, -0.15) is 0 Å². The number of thiophene rings is 1. The predicted molar refractivity (Wildman–Crippen MR) is 76.8 cm³/mol. The van der Waals surface area contributed by atoms with E-state index in [1.165, 1.54) is 17.6 Å². The number of thiazole rings is 1. The van der Waals surface area contributed by atoms with Crippen molar-refractivity contribution in [3.8, 4) is 10.6 Å². The summed E-state index contributed by atoms with van der Waals surface area (Å²) in [6, 6.07) is 7.27. The summed E-state index contributed by atoms with van der Waals surface area (Å²) in [5.74, 6) is 0.0367. The number of aromatic nitrogens is 1. The van der Waals surface area contributed by atoms with Crippen LogP contribution in [-0.4, -0.2) is 10.9 Å². The van der Waals surface area contributed by atoms with Gasteiger partial charge < -0.3 is 9.73 Å². The average Bonchev–Trinajstić information content (AvgIpc) is 3.09. The number of carbonyl (C=O) groups is 1. The van der Waals surface area contributed by atoms with Crippen molar-refractivity contribution in [2.75, 3.05) is 5.32 Å². The van der Waals surface area contributed by atoms with Crippen molar-refractivity contribution in [3.63, 3.8) is 0 Å². The van der Waals surface area contributed by atoms with Gasteiger partial charge in [0.2, 0.25) is 0 Å². The highest BCUT2D eigenvalue weighted by atomic mass is 32.1. The van der Waals surface area contributed by atoms with Crippen LogP contribution >= 0.6 is 22.7 Å². The minimum absolute atomic E-state index is 0.258. The average molecular weight is 290 g/mol. The zero-order chi connectivity index (χ0) is 13.2. The number of hydrogen-bond donors (Lipinski definition) is 1. The molecule has 3 aromatic heterocycles. The van der Waals surface area contributed by atoms with E-state index in [9.17, 15) is 4.79 Å². The Morgan fingerprint density at radius 2 is 2.26 bits per heavy atom. The molecule has 3 aromatic rings. The lowest BCUT2D eigenvalue weighted by atomic mass is 10.3. The number of aryl methyl sites for hydroxylation is 1. The van der Waals surface area contributed by atoms with Crippen LogP contribution in [0.4, 0.5) is 5.00 Å². The van der Waals surface area contributed by atoms with E-state index < -0.39 is 0 Å². The largest absolute Gasteiger partial charge is 0.459 e. The number of nitrogens with zero attached hydrogens (tertiary/aromatic N) is 1. The number of anilines is 1. The van der Waals surface area contributed by atoms with Crippen LogP contribution in [0.25, 0.3) is 10.6 Å². The highest BCUT2D eigenvalue weighted by molar-refractivity contribution is 7.18. The molecule has 0 aliphatic rings. The molecule has 4 nitrogen and oxygen atoms in total. The van der Waals surface area contributed by atoms with Gasteiger partial charge in [-0.1, -0.05) is 6.07 Å². The third-order valence-corrected chi connectivity index (χ3v) is 4.22. The van der Waals surface area contributed by atoms with E-state index in [4.69, 9.17) is 4.42 Å². The minimum atomic E-state index is -0.258. The summed E-state index contributed by atoms with van der Waals surface area (Å²) in [7, 11) is 0.